The van der Waals surface area contributed by atoms with E-state index in [0.29, 0.717) is 19.1 Å². The molecule has 1 aromatic rings. The van der Waals surface area contributed by atoms with E-state index in [4.69, 9.17) is 5.11 Å². The molecule has 0 aliphatic carbocycles. The number of benzene rings is 1. The maximum Gasteiger partial charge on any atom is 0.338 e. The molecule has 0 spiro atoms. The zero-order valence-electron chi connectivity index (χ0n) is 12.1. The minimum absolute atomic E-state index is 0.0281. The molecular formula is C13H18FN3O4. The third-order valence-electron chi connectivity index (χ3n) is 3.17. The van der Waals surface area contributed by atoms with Crippen LogP contribution in [0.5, 0.6) is 0 Å². The van der Waals surface area contributed by atoms with Crippen molar-refractivity contribution in [2.45, 2.75) is 19.9 Å². The molecule has 1 aromatic carbocycles. The van der Waals surface area contributed by atoms with E-state index >= 15 is 0 Å². The Kier molecular flexibility index (Phi) is 5.60. The van der Waals surface area contributed by atoms with Crippen molar-refractivity contribution in [3.63, 3.8) is 0 Å². The number of nitrogens with zero attached hydrogens (tertiary/aromatic N) is 2. The van der Waals surface area contributed by atoms with Crippen LogP contribution in [0.1, 0.15) is 24.2 Å². The molecule has 0 fully saturated rings. The van der Waals surface area contributed by atoms with Gasteiger partial charge in [0, 0.05) is 31.3 Å². The Morgan fingerprint density at radius 1 is 1.52 bits per heavy atom. The Labute approximate surface area is 121 Å². The van der Waals surface area contributed by atoms with Gasteiger partial charge in [0.25, 0.3) is 5.69 Å². The lowest BCUT2D eigenvalue weighted by Gasteiger charge is -2.21. The van der Waals surface area contributed by atoms with Crippen LogP contribution in [-0.2, 0) is 0 Å². The normalized spacial score (nSPS) is 11.0. The van der Waals surface area contributed by atoms with Crippen molar-refractivity contribution in [3.8, 4) is 0 Å². The molecule has 0 aliphatic heterocycles. The van der Waals surface area contributed by atoms with Gasteiger partial charge in [0.2, 0.25) is 0 Å². The van der Waals surface area contributed by atoms with E-state index in [9.17, 15) is 19.3 Å². The molecule has 0 radical (unpaired) electrons. The number of carboxylic acids is 1. The molecule has 0 aliphatic rings. The molecule has 21 heavy (non-hydrogen) atoms. The van der Waals surface area contributed by atoms with Crippen LogP contribution in [-0.4, -0.2) is 47.1 Å². The molecule has 0 heterocycles. The van der Waals surface area contributed by atoms with Gasteiger partial charge in [-0.05, 0) is 20.9 Å². The minimum Gasteiger partial charge on any atom is -0.478 e. The van der Waals surface area contributed by atoms with Crippen LogP contribution in [0.2, 0.25) is 0 Å². The third-order valence-corrected chi connectivity index (χ3v) is 3.17. The molecular weight excluding hydrogens is 281 g/mol. The number of carbonyl (C=O) groups is 1. The number of rotatable bonds is 7. The van der Waals surface area contributed by atoms with Crippen LogP contribution >= 0.6 is 0 Å². The third kappa shape index (κ3) is 4.38. The van der Waals surface area contributed by atoms with Gasteiger partial charge in [-0.25, -0.2) is 9.18 Å². The largest absolute Gasteiger partial charge is 0.478 e. The second-order valence-corrected chi connectivity index (χ2v) is 4.91. The number of likely N-dealkylation sites (N-methyl/N-ethyl adjacent to an activating group) is 1. The molecule has 7 nitrogen and oxygen atoms in total. The molecule has 0 unspecified atom stereocenters. The summed E-state index contributed by atoms with van der Waals surface area (Å²) in [6.45, 7) is 4.99. The topological polar surface area (TPSA) is 95.7 Å². The average Bonchev–Trinajstić information content (AvgIpc) is 2.37. The molecule has 1 rings (SSSR count). The van der Waals surface area contributed by atoms with Gasteiger partial charge in [0.05, 0.1) is 4.92 Å². The molecule has 8 heteroatoms. The fraction of sp³-hybridized carbons (Fsp3) is 0.462. The summed E-state index contributed by atoms with van der Waals surface area (Å²) >= 11 is 0. The number of hydrogen-bond acceptors (Lipinski definition) is 5. The predicted octanol–water partition coefficient (Wildman–Crippen LogP) is 2.18. The Hall–Kier alpha value is -2.22. The van der Waals surface area contributed by atoms with Crippen molar-refractivity contribution in [2.24, 2.45) is 0 Å². The number of nitro benzene ring substituents is 1. The van der Waals surface area contributed by atoms with Gasteiger partial charge in [-0.1, -0.05) is 0 Å². The number of halogens is 1. The van der Waals surface area contributed by atoms with Crippen molar-refractivity contribution in [3.05, 3.63) is 33.6 Å². The van der Waals surface area contributed by atoms with Crippen LogP contribution in [0, 0.1) is 15.9 Å². The first-order valence-electron chi connectivity index (χ1n) is 6.39. The summed E-state index contributed by atoms with van der Waals surface area (Å²) < 4.78 is 13.6. The highest BCUT2D eigenvalue weighted by molar-refractivity contribution is 5.90. The van der Waals surface area contributed by atoms with E-state index in [2.05, 4.69) is 5.32 Å². The maximum atomic E-state index is 13.6. The quantitative estimate of drug-likeness (QED) is 0.592. The van der Waals surface area contributed by atoms with E-state index in [0.717, 1.165) is 12.1 Å². The first-order valence-corrected chi connectivity index (χ1v) is 6.39. The number of anilines is 1. The summed E-state index contributed by atoms with van der Waals surface area (Å²) in [5.74, 6) is -2.55. The molecule has 0 saturated heterocycles. The van der Waals surface area contributed by atoms with Crippen molar-refractivity contribution in [1.29, 1.82) is 0 Å². The predicted molar refractivity (Wildman–Crippen MR) is 76.3 cm³/mol. The van der Waals surface area contributed by atoms with E-state index < -0.39 is 28.0 Å². The monoisotopic (exact) mass is 299 g/mol. The SMILES string of the molecule is CC(C)N(C)CCNc1cc(F)c(C(=O)O)cc1[N+](=O)[O-]. The van der Waals surface area contributed by atoms with Crippen LogP contribution in [0.15, 0.2) is 12.1 Å². The van der Waals surface area contributed by atoms with Gasteiger partial charge >= 0.3 is 5.97 Å². The van der Waals surface area contributed by atoms with Crippen molar-refractivity contribution in [2.75, 3.05) is 25.5 Å². The zero-order chi connectivity index (χ0) is 16.2. The molecule has 0 amide bonds. The first-order chi connectivity index (χ1) is 9.73. The lowest BCUT2D eigenvalue weighted by molar-refractivity contribution is -0.384. The fourth-order valence-corrected chi connectivity index (χ4v) is 1.64. The Morgan fingerprint density at radius 2 is 2.14 bits per heavy atom. The highest BCUT2D eigenvalue weighted by Gasteiger charge is 2.21. The van der Waals surface area contributed by atoms with Gasteiger partial charge in [-0.3, -0.25) is 10.1 Å². The molecule has 0 atom stereocenters. The number of carboxylic acid groups (broad SMARTS) is 1. The van der Waals surface area contributed by atoms with Gasteiger partial charge in [-0.15, -0.1) is 0 Å². The molecule has 116 valence electrons. The van der Waals surface area contributed by atoms with Gasteiger partial charge in [0.15, 0.2) is 0 Å². The number of hydrogen-bond donors (Lipinski definition) is 2. The number of aromatic carboxylic acids is 1. The van der Waals surface area contributed by atoms with E-state index in [1.54, 1.807) is 0 Å². The first kappa shape index (κ1) is 16.8. The standard InChI is InChI=1S/C13H18FN3O4/c1-8(2)16(3)5-4-15-11-7-10(14)9(13(18)19)6-12(11)17(20)21/h6-8,15H,4-5H2,1-3H3,(H,18,19). The minimum atomic E-state index is -1.54. The van der Waals surface area contributed by atoms with Crippen molar-refractivity contribution < 1.29 is 19.2 Å². The van der Waals surface area contributed by atoms with Crippen LogP contribution in [0.3, 0.4) is 0 Å². The second kappa shape index (κ2) is 6.98. The summed E-state index contributed by atoms with van der Waals surface area (Å²) in [4.78, 5) is 23.0. The summed E-state index contributed by atoms with van der Waals surface area (Å²) in [6.07, 6.45) is 0. The fourth-order valence-electron chi connectivity index (χ4n) is 1.64. The lowest BCUT2D eigenvalue weighted by atomic mass is 10.1. The summed E-state index contributed by atoms with van der Waals surface area (Å²) in [5, 5.41) is 22.5. The van der Waals surface area contributed by atoms with E-state index in [-0.39, 0.29) is 5.69 Å². The van der Waals surface area contributed by atoms with Crippen LogP contribution in [0.25, 0.3) is 0 Å². The number of nitrogens with one attached hydrogen (secondary N) is 1. The molecule has 0 bridgehead atoms. The highest BCUT2D eigenvalue weighted by Crippen LogP contribution is 2.27. The van der Waals surface area contributed by atoms with Crippen LogP contribution < -0.4 is 5.32 Å². The van der Waals surface area contributed by atoms with E-state index in [1.165, 1.54) is 0 Å². The van der Waals surface area contributed by atoms with Crippen molar-refractivity contribution in [1.82, 2.24) is 4.90 Å². The van der Waals surface area contributed by atoms with Gasteiger partial charge in [-0.2, -0.15) is 0 Å². The number of nitro groups is 1. The second-order valence-electron chi connectivity index (χ2n) is 4.91. The zero-order valence-corrected chi connectivity index (χ0v) is 12.1. The average molecular weight is 299 g/mol. The summed E-state index contributed by atoms with van der Waals surface area (Å²) in [6, 6.07) is 1.89. The summed E-state index contributed by atoms with van der Waals surface area (Å²) in [7, 11) is 1.90. The Balaban J connectivity index is 2.93. The maximum absolute atomic E-state index is 13.6. The smallest absolute Gasteiger partial charge is 0.338 e. The summed E-state index contributed by atoms with van der Waals surface area (Å²) in [5.41, 5.74) is -1.20. The molecule has 0 aromatic heterocycles. The van der Waals surface area contributed by atoms with Gasteiger partial charge < -0.3 is 15.3 Å². The highest BCUT2D eigenvalue weighted by atomic mass is 19.1. The van der Waals surface area contributed by atoms with Gasteiger partial charge in [0.1, 0.15) is 17.1 Å². The molecule has 2 N–H and O–H groups in total. The van der Waals surface area contributed by atoms with Crippen LogP contribution in [0.4, 0.5) is 15.8 Å². The Morgan fingerprint density at radius 3 is 2.62 bits per heavy atom. The van der Waals surface area contributed by atoms with Crippen molar-refractivity contribution >= 4 is 17.3 Å². The lowest BCUT2D eigenvalue weighted by Crippen LogP contribution is -2.31. The molecule has 0 saturated carbocycles. The van der Waals surface area contributed by atoms with E-state index in [1.807, 2.05) is 25.8 Å². The Bertz CT molecular complexity index is 548.